The van der Waals surface area contributed by atoms with Crippen LogP contribution in [0.3, 0.4) is 0 Å². The lowest BCUT2D eigenvalue weighted by atomic mass is 10.3. The molecule has 1 rings (SSSR count). The van der Waals surface area contributed by atoms with Gasteiger partial charge in [0.05, 0.1) is 16.4 Å². The van der Waals surface area contributed by atoms with Gasteiger partial charge in [-0.1, -0.05) is 0 Å². The summed E-state index contributed by atoms with van der Waals surface area (Å²) in [4.78, 5) is 10.3. The predicted octanol–water partition coefficient (Wildman–Crippen LogP) is -1.19. The van der Waals surface area contributed by atoms with E-state index in [0.717, 1.165) is 30.5 Å². The molecular formula is C10H13NO7S2. The Morgan fingerprint density at radius 1 is 1.15 bits per heavy atom. The van der Waals surface area contributed by atoms with Crippen molar-refractivity contribution in [2.45, 2.75) is 15.8 Å². The van der Waals surface area contributed by atoms with E-state index in [1.807, 2.05) is 0 Å². The lowest BCUT2D eigenvalue weighted by Crippen LogP contribution is -2.43. The average molecular weight is 323 g/mol. The van der Waals surface area contributed by atoms with Gasteiger partial charge < -0.3 is 10.2 Å². The molecule has 0 aliphatic carbocycles. The molecule has 8 nitrogen and oxygen atoms in total. The van der Waals surface area contributed by atoms with Crippen molar-refractivity contribution in [1.29, 1.82) is 0 Å². The van der Waals surface area contributed by atoms with Crippen molar-refractivity contribution in [2.75, 3.05) is 12.9 Å². The minimum Gasteiger partial charge on any atom is -0.480 e. The first-order chi connectivity index (χ1) is 9.08. The van der Waals surface area contributed by atoms with Crippen molar-refractivity contribution in [1.82, 2.24) is 4.72 Å². The minimum absolute atomic E-state index is 0.0617. The second-order valence-corrected chi connectivity index (χ2v) is 7.67. The van der Waals surface area contributed by atoms with Crippen molar-refractivity contribution in [3.05, 3.63) is 24.3 Å². The van der Waals surface area contributed by atoms with Crippen LogP contribution in [0.25, 0.3) is 0 Å². The highest BCUT2D eigenvalue weighted by Crippen LogP contribution is 2.14. The van der Waals surface area contributed by atoms with Gasteiger partial charge in [0.15, 0.2) is 9.84 Å². The van der Waals surface area contributed by atoms with E-state index in [1.165, 1.54) is 0 Å². The van der Waals surface area contributed by atoms with Gasteiger partial charge in [0.2, 0.25) is 10.0 Å². The maximum absolute atomic E-state index is 11.8. The summed E-state index contributed by atoms with van der Waals surface area (Å²) in [5.74, 6) is -1.52. The number of aliphatic hydroxyl groups excluding tert-OH is 1. The van der Waals surface area contributed by atoms with Crippen molar-refractivity contribution in [2.24, 2.45) is 0 Å². The fourth-order valence-electron chi connectivity index (χ4n) is 1.29. The molecule has 0 aromatic heterocycles. The highest BCUT2D eigenvalue weighted by molar-refractivity contribution is 7.90. The zero-order chi connectivity index (χ0) is 15.6. The van der Waals surface area contributed by atoms with Gasteiger partial charge in [0, 0.05) is 6.26 Å². The van der Waals surface area contributed by atoms with Gasteiger partial charge >= 0.3 is 5.97 Å². The summed E-state index contributed by atoms with van der Waals surface area (Å²) >= 11 is 0. The second kappa shape index (κ2) is 5.87. The van der Waals surface area contributed by atoms with E-state index >= 15 is 0 Å². The molecule has 0 aliphatic heterocycles. The molecule has 0 saturated carbocycles. The summed E-state index contributed by atoms with van der Waals surface area (Å²) in [6.45, 7) is -0.907. The lowest BCUT2D eigenvalue weighted by Gasteiger charge is -2.12. The maximum Gasteiger partial charge on any atom is 0.324 e. The molecule has 0 bridgehead atoms. The molecule has 1 aromatic rings. The normalized spacial score (nSPS) is 13.9. The van der Waals surface area contributed by atoms with Crippen LogP contribution in [-0.2, 0) is 24.7 Å². The molecule has 112 valence electrons. The first-order valence-corrected chi connectivity index (χ1v) is 8.61. The van der Waals surface area contributed by atoms with Crippen molar-refractivity contribution < 1.29 is 31.8 Å². The Labute approximate surface area is 116 Å². The summed E-state index contributed by atoms with van der Waals surface area (Å²) < 4.78 is 47.9. The molecule has 0 unspecified atom stereocenters. The van der Waals surface area contributed by atoms with Gasteiger partial charge in [-0.2, -0.15) is 4.72 Å². The minimum atomic E-state index is -4.16. The van der Waals surface area contributed by atoms with E-state index in [-0.39, 0.29) is 9.79 Å². The molecule has 0 aliphatic rings. The molecule has 0 heterocycles. The molecule has 0 amide bonds. The summed E-state index contributed by atoms with van der Waals surface area (Å²) in [6.07, 6.45) is 0.973. The van der Waals surface area contributed by atoms with Gasteiger partial charge in [-0.25, -0.2) is 16.8 Å². The van der Waals surface area contributed by atoms with Crippen molar-refractivity contribution >= 4 is 25.8 Å². The molecule has 20 heavy (non-hydrogen) atoms. The molecule has 0 saturated heterocycles. The van der Waals surface area contributed by atoms with Crippen LogP contribution in [0, 0.1) is 0 Å². The molecule has 0 spiro atoms. The standard InChI is InChI=1S/C10H13NO7S2/c1-19(15,16)7-2-4-8(5-3-7)20(17,18)11-9(6-12)10(13)14/h2-5,9,11-12H,6H2,1H3,(H,13,14)/t9-/m1/s1. The smallest absolute Gasteiger partial charge is 0.324 e. The van der Waals surface area contributed by atoms with E-state index in [9.17, 15) is 21.6 Å². The highest BCUT2D eigenvalue weighted by atomic mass is 32.2. The number of rotatable bonds is 6. The van der Waals surface area contributed by atoms with E-state index < -0.39 is 38.5 Å². The SMILES string of the molecule is CS(=O)(=O)c1ccc(S(=O)(=O)N[C@H](CO)C(=O)O)cc1. The third kappa shape index (κ3) is 4.00. The van der Waals surface area contributed by atoms with Crippen LogP contribution in [0.1, 0.15) is 0 Å². The Kier molecular flexibility index (Phi) is 4.86. The van der Waals surface area contributed by atoms with E-state index in [0.29, 0.717) is 0 Å². The van der Waals surface area contributed by atoms with Crippen LogP contribution in [0.5, 0.6) is 0 Å². The first-order valence-electron chi connectivity index (χ1n) is 5.24. The van der Waals surface area contributed by atoms with Gasteiger partial charge in [0.25, 0.3) is 0 Å². The largest absolute Gasteiger partial charge is 0.480 e. The number of hydrogen-bond donors (Lipinski definition) is 3. The quantitative estimate of drug-likeness (QED) is 0.598. The van der Waals surface area contributed by atoms with Crippen LogP contribution < -0.4 is 4.72 Å². The lowest BCUT2D eigenvalue weighted by molar-refractivity contribution is -0.139. The van der Waals surface area contributed by atoms with Crippen molar-refractivity contribution in [3.63, 3.8) is 0 Å². The second-order valence-electron chi connectivity index (χ2n) is 3.94. The first kappa shape index (κ1) is 16.6. The van der Waals surface area contributed by atoms with Gasteiger partial charge in [0.1, 0.15) is 6.04 Å². The number of hydrogen-bond acceptors (Lipinski definition) is 6. The topological polar surface area (TPSA) is 138 Å². The van der Waals surface area contributed by atoms with Crippen molar-refractivity contribution in [3.8, 4) is 0 Å². The Bertz CT molecular complexity index is 692. The van der Waals surface area contributed by atoms with Gasteiger partial charge in [-0.3, -0.25) is 4.79 Å². The summed E-state index contributed by atoms with van der Waals surface area (Å²) in [5, 5.41) is 17.4. The van der Waals surface area contributed by atoms with Crippen LogP contribution >= 0.6 is 0 Å². The monoisotopic (exact) mass is 323 g/mol. The molecule has 3 N–H and O–H groups in total. The predicted molar refractivity (Wildman–Crippen MR) is 68.4 cm³/mol. The van der Waals surface area contributed by atoms with Crippen LogP contribution in [-0.4, -0.2) is 51.9 Å². The average Bonchev–Trinajstić information content (AvgIpc) is 2.35. The number of sulfone groups is 1. The number of carboxylic acid groups (broad SMARTS) is 1. The Hall–Kier alpha value is -1.49. The highest BCUT2D eigenvalue weighted by Gasteiger charge is 2.24. The third-order valence-electron chi connectivity index (χ3n) is 2.34. The Morgan fingerprint density at radius 3 is 1.95 bits per heavy atom. The Morgan fingerprint density at radius 2 is 1.60 bits per heavy atom. The zero-order valence-electron chi connectivity index (χ0n) is 10.3. The Balaban J connectivity index is 3.08. The molecule has 0 fully saturated rings. The fourth-order valence-corrected chi connectivity index (χ4v) is 3.10. The van der Waals surface area contributed by atoms with E-state index in [4.69, 9.17) is 10.2 Å². The maximum atomic E-state index is 11.8. The number of aliphatic hydroxyl groups is 1. The van der Waals surface area contributed by atoms with Crippen LogP contribution in [0.15, 0.2) is 34.1 Å². The summed E-state index contributed by atoms with van der Waals surface area (Å²) in [6, 6.07) is 2.59. The number of sulfonamides is 1. The van der Waals surface area contributed by atoms with E-state index in [1.54, 1.807) is 4.72 Å². The number of nitrogens with one attached hydrogen (secondary N) is 1. The summed E-state index contributed by atoms with van der Waals surface area (Å²) in [7, 11) is -7.62. The molecule has 0 radical (unpaired) electrons. The van der Waals surface area contributed by atoms with Gasteiger partial charge in [-0.15, -0.1) is 0 Å². The zero-order valence-corrected chi connectivity index (χ0v) is 12.0. The number of benzene rings is 1. The molecular weight excluding hydrogens is 310 g/mol. The number of carbonyl (C=O) groups is 1. The number of aliphatic carboxylic acids is 1. The van der Waals surface area contributed by atoms with E-state index in [2.05, 4.69) is 0 Å². The summed E-state index contributed by atoms with van der Waals surface area (Å²) in [5.41, 5.74) is 0. The molecule has 1 atom stereocenters. The third-order valence-corrected chi connectivity index (χ3v) is 4.96. The molecule has 10 heteroatoms. The molecule has 1 aromatic carbocycles. The van der Waals surface area contributed by atoms with Gasteiger partial charge in [-0.05, 0) is 24.3 Å². The fraction of sp³-hybridized carbons (Fsp3) is 0.300. The van der Waals surface area contributed by atoms with Crippen LogP contribution in [0.2, 0.25) is 0 Å². The van der Waals surface area contributed by atoms with Crippen LogP contribution in [0.4, 0.5) is 0 Å². The number of carboxylic acids is 1.